The Kier molecular flexibility index (Phi) is 6.18. The number of ether oxygens (including phenoxy) is 2. The fourth-order valence-corrected chi connectivity index (χ4v) is 2.71. The van der Waals surface area contributed by atoms with Gasteiger partial charge in [0.25, 0.3) is 0 Å². The van der Waals surface area contributed by atoms with Gasteiger partial charge in [0.1, 0.15) is 12.4 Å². The van der Waals surface area contributed by atoms with E-state index in [4.69, 9.17) is 9.47 Å². The molecule has 5 nitrogen and oxygen atoms in total. The minimum absolute atomic E-state index is 0.282. The van der Waals surface area contributed by atoms with Crippen molar-refractivity contribution < 1.29 is 9.47 Å². The zero-order chi connectivity index (χ0) is 16.6. The quantitative estimate of drug-likeness (QED) is 0.844. The third-order valence-electron chi connectivity index (χ3n) is 4.08. The van der Waals surface area contributed by atoms with Crippen LogP contribution in [0.25, 0.3) is 0 Å². The molecule has 2 heterocycles. The predicted molar refractivity (Wildman–Crippen MR) is 94.0 cm³/mol. The highest BCUT2D eigenvalue weighted by molar-refractivity contribution is 5.27. The van der Waals surface area contributed by atoms with E-state index in [-0.39, 0.29) is 6.10 Å². The third kappa shape index (κ3) is 5.30. The molecule has 0 amide bonds. The molecule has 1 aromatic carbocycles. The van der Waals surface area contributed by atoms with Gasteiger partial charge in [-0.05, 0) is 36.9 Å². The van der Waals surface area contributed by atoms with Crippen LogP contribution >= 0.6 is 0 Å². The largest absolute Gasteiger partial charge is 0.487 e. The molecule has 24 heavy (non-hydrogen) atoms. The highest BCUT2D eigenvalue weighted by Gasteiger charge is 2.16. The molecule has 1 fully saturated rings. The summed E-state index contributed by atoms with van der Waals surface area (Å²) in [5.41, 5.74) is 2.17. The first-order valence-electron chi connectivity index (χ1n) is 8.42. The second kappa shape index (κ2) is 8.78. The third-order valence-corrected chi connectivity index (χ3v) is 4.08. The van der Waals surface area contributed by atoms with Gasteiger partial charge < -0.3 is 19.7 Å². The van der Waals surface area contributed by atoms with E-state index in [0.29, 0.717) is 6.61 Å². The van der Waals surface area contributed by atoms with E-state index in [1.807, 2.05) is 30.3 Å². The highest BCUT2D eigenvalue weighted by Crippen LogP contribution is 2.13. The number of pyridine rings is 1. The van der Waals surface area contributed by atoms with Gasteiger partial charge in [0, 0.05) is 32.4 Å². The van der Waals surface area contributed by atoms with Crippen molar-refractivity contribution in [2.45, 2.75) is 19.3 Å². The number of nitrogens with one attached hydrogen (secondary N) is 1. The molecule has 2 aromatic rings. The van der Waals surface area contributed by atoms with Gasteiger partial charge in [-0.1, -0.05) is 18.2 Å². The summed E-state index contributed by atoms with van der Waals surface area (Å²) in [6.07, 6.45) is 2.06. The van der Waals surface area contributed by atoms with Crippen LogP contribution in [0.4, 0.5) is 0 Å². The van der Waals surface area contributed by atoms with Crippen molar-refractivity contribution in [2.75, 3.05) is 33.3 Å². The number of likely N-dealkylation sites (N-methyl/N-ethyl adjacent to an activating group) is 1. The van der Waals surface area contributed by atoms with Crippen molar-refractivity contribution in [3.63, 3.8) is 0 Å². The van der Waals surface area contributed by atoms with Crippen molar-refractivity contribution in [3.05, 3.63) is 59.9 Å². The lowest BCUT2D eigenvalue weighted by Gasteiger charge is -2.30. The molecule has 3 rings (SSSR count). The molecule has 1 atom stereocenters. The molecule has 0 unspecified atom stereocenters. The molecule has 1 aromatic heterocycles. The summed E-state index contributed by atoms with van der Waals surface area (Å²) < 4.78 is 11.5. The van der Waals surface area contributed by atoms with Gasteiger partial charge in [0.05, 0.1) is 18.4 Å². The summed E-state index contributed by atoms with van der Waals surface area (Å²) in [4.78, 5) is 6.56. The number of nitrogens with zero attached hydrogens (tertiary/aromatic N) is 2. The Hall–Kier alpha value is -1.95. The Labute approximate surface area is 143 Å². The van der Waals surface area contributed by atoms with Crippen molar-refractivity contribution in [1.29, 1.82) is 0 Å². The van der Waals surface area contributed by atoms with Crippen LogP contribution in [0.2, 0.25) is 0 Å². The van der Waals surface area contributed by atoms with Gasteiger partial charge in [-0.2, -0.15) is 0 Å². The highest BCUT2D eigenvalue weighted by atomic mass is 16.5. The molecule has 0 bridgehead atoms. The van der Waals surface area contributed by atoms with Gasteiger partial charge in [-0.3, -0.25) is 4.98 Å². The van der Waals surface area contributed by atoms with E-state index in [1.165, 1.54) is 5.56 Å². The van der Waals surface area contributed by atoms with Crippen LogP contribution in [-0.4, -0.2) is 49.3 Å². The van der Waals surface area contributed by atoms with Crippen molar-refractivity contribution in [2.24, 2.45) is 0 Å². The summed E-state index contributed by atoms with van der Waals surface area (Å²) in [5.74, 6) is 0.863. The number of hydrogen-bond donors (Lipinski definition) is 1. The van der Waals surface area contributed by atoms with Crippen LogP contribution in [0.5, 0.6) is 5.75 Å². The molecular weight excluding hydrogens is 302 g/mol. The minimum Gasteiger partial charge on any atom is -0.487 e. The van der Waals surface area contributed by atoms with Crippen LogP contribution in [0.1, 0.15) is 11.3 Å². The fraction of sp³-hybridized carbons (Fsp3) is 0.421. The van der Waals surface area contributed by atoms with E-state index in [2.05, 4.69) is 34.4 Å². The maximum Gasteiger partial charge on any atom is 0.130 e. The van der Waals surface area contributed by atoms with Gasteiger partial charge in [-0.25, -0.2) is 0 Å². The number of hydrogen-bond acceptors (Lipinski definition) is 5. The maximum absolute atomic E-state index is 5.75. The normalized spacial score (nSPS) is 18.5. The zero-order valence-electron chi connectivity index (χ0n) is 14.1. The number of rotatable bonds is 7. The first-order valence-corrected chi connectivity index (χ1v) is 8.42. The first-order chi connectivity index (χ1) is 11.8. The standard InChI is InChI=1S/C19H25N3O2/c1-22-10-11-23-19(14-22)13-20-12-16-5-7-18(8-6-16)24-15-17-4-2-3-9-21-17/h2-9,19-20H,10-15H2,1H3/t19-/m0/s1. The fourth-order valence-electron chi connectivity index (χ4n) is 2.71. The molecule has 128 valence electrons. The van der Waals surface area contributed by atoms with Gasteiger partial charge >= 0.3 is 0 Å². The Morgan fingerprint density at radius 1 is 1.25 bits per heavy atom. The van der Waals surface area contributed by atoms with E-state index < -0.39 is 0 Å². The summed E-state index contributed by atoms with van der Waals surface area (Å²) in [5, 5.41) is 3.47. The average molecular weight is 327 g/mol. The zero-order valence-corrected chi connectivity index (χ0v) is 14.1. The van der Waals surface area contributed by atoms with E-state index >= 15 is 0 Å². The minimum atomic E-state index is 0.282. The lowest BCUT2D eigenvalue weighted by Crippen LogP contribution is -2.44. The van der Waals surface area contributed by atoms with E-state index in [0.717, 1.165) is 44.2 Å². The molecule has 0 aliphatic carbocycles. The first kappa shape index (κ1) is 16.9. The molecule has 1 saturated heterocycles. The Bertz CT molecular complexity index is 604. The molecule has 1 N–H and O–H groups in total. The summed E-state index contributed by atoms with van der Waals surface area (Å²) in [7, 11) is 2.14. The van der Waals surface area contributed by atoms with E-state index in [9.17, 15) is 0 Å². The summed E-state index contributed by atoms with van der Waals surface area (Å²) in [6.45, 7) is 5.05. The molecule has 1 aliphatic rings. The van der Waals surface area contributed by atoms with Crippen LogP contribution in [0.15, 0.2) is 48.7 Å². The predicted octanol–water partition coefficient (Wildman–Crippen LogP) is 2.08. The van der Waals surface area contributed by atoms with Crippen LogP contribution < -0.4 is 10.1 Å². The van der Waals surface area contributed by atoms with Gasteiger partial charge in [0.15, 0.2) is 0 Å². The topological polar surface area (TPSA) is 46.6 Å². The van der Waals surface area contributed by atoms with Gasteiger partial charge in [-0.15, -0.1) is 0 Å². The van der Waals surface area contributed by atoms with Crippen molar-refractivity contribution in [1.82, 2.24) is 15.2 Å². The average Bonchev–Trinajstić information content (AvgIpc) is 2.62. The molecule has 0 radical (unpaired) electrons. The Morgan fingerprint density at radius 2 is 2.12 bits per heavy atom. The van der Waals surface area contributed by atoms with E-state index in [1.54, 1.807) is 6.20 Å². The van der Waals surface area contributed by atoms with Crippen LogP contribution in [-0.2, 0) is 17.9 Å². The van der Waals surface area contributed by atoms with Crippen molar-refractivity contribution in [3.8, 4) is 5.75 Å². The number of aromatic nitrogens is 1. The summed E-state index contributed by atoms with van der Waals surface area (Å²) >= 11 is 0. The van der Waals surface area contributed by atoms with Gasteiger partial charge in [0.2, 0.25) is 0 Å². The second-order valence-corrected chi connectivity index (χ2v) is 6.14. The number of benzene rings is 1. The number of morpholine rings is 1. The lowest BCUT2D eigenvalue weighted by molar-refractivity contribution is -0.0182. The summed E-state index contributed by atoms with van der Waals surface area (Å²) in [6, 6.07) is 14.0. The Balaban J connectivity index is 1.39. The Morgan fingerprint density at radius 3 is 2.88 bits per heavy atom. The molecule has 0 spiro atoms. The maximum atomic E-state index is 5.75. The molecular formula is C19H25N3O2. The molecule has 5 heteroatoms. The smallest absolute Gasteiger partial charge is 0.130 e. The molecule has 0 saturated carbocycles. The molecule has 1 aliphatic heterocycles. The lowest BCUT2D eigenvalue weighted by atomic mass is 10.2. The SMILES string of the molecule is CN1CCO[C@@H](CNCc2ccc(OCc3ccccn3)cc2)C1. The second-order valence-electron chi connectivity index (χ2n) is 6.14. The van der Waals surface area contributed by atoms with Crippen molar-refractivity contribution >= 4 is 0 Å². The van der Waals surface area contributed by atoms with Crippen LogP contribution in [0.3, 0.4) is 0 Å². The van der Waals surface area contributed by atoms with Crippen LogP contribution in [0, 0.1) is 0 Å². The monoisotopic (exact) mass is 327 g/mol.